The van der Waals surface area contributed by atoms with Crippen LogP contribution in [0.2, 0.25) is 0 Å². The zero-order valence-electron chi connectivity index (χ0n) is 15.8. The smallest absolute Gasteiger partial charge is 0.264 e. The normalized spacial score (nSPS) is 20.1. The van der Waals surface area contributed by atoms with Gasteiger partial charge in [0.2, 0.25) is 0 Å². The van der Waals surface area contributed by atoms with Crippen LogP contribution in [0, 0.1) is 0 Å². The van der Waals surface area contributed by atoms with Gasteiger partial charge >= 0.3 is 0 Å². The molecule has 0 atom stereocenters. The number of ether oxygens (including phenoxy) is 1. The van der Waals surface area contributed by atoms with Gasteiger partial charge in [-0.25, -0.2) is 8.42 Å². The van der Waals surface area contributed by atoms with E-state index in [1.165, 1.54) is 49.3 Å². The number of hydrogen-bond acceptors (Lipinski definition) is 6. The second-order valence-corrected chi connectivity index (χ2v) is 9.57. The molecule has 0 unspecified atom stereocenters. The van der Waals surface area contributed by atoms with E-state index in [2.05, 4.69) is 26.7 Å². The van der Waals surface area contributed by atoms with Crippen molar-refractivity contribution >= 4 is 27.2 Å². The van der Waals surface area contributed by atoms with E-state index in [0.29, 0.717) is 29.4 Å². The number of aliphatic imine (C=N–C) groups is 1. The molecule has 0 amide bonds. The number of piperidine rings is 1. The van der Waals surface area contributed by atoms with E-state index in [1.807, 2.05) is 17.5 Å². The molecule has 2 aliphatic heterocycles. The fraction of sp³-hybridized carbons (Fsp3) is 0.450. The predicted molar refractivity (Wildman–Crippen MR) is 112 cm³/mol. The van der Waals surface area contributed by atoms with Crippen molar-refractivity contribution < 1.29 is 13.2 Å². The number of amidine groups is 1. The third kappa shape index (κ3) is 4.56. The van der Waals surface area contributed by atoms with Crippen molar-refractivity contribution in [3.8, 4) is 5.75 Å². The molecule has 28 heavy (non-hydrogen) atoms. The van der Waals surface area contributed by atoms with Gasteiger partial charge in [-0.15, -0.1) is 0 Å². The van der Waals surface area contributed by atoms with Gasteiger partial charge in [-0.2, -0.15) is 11.3 Å². The van der Waals surface area contributed by atoms with Crippen molar-refractivity contribution in [2.45, 2.75) is 37.1 Å². The van der Waals surface area contributed by atoms with Crippen molar-refractivity contribution in [2.24, 2.45) is 4.99 Å². The Balaban J connectivity index is 1.25. The van der Waals surface area contributed by atoms with Crippen LogP contribution in [-0.4, -0.2) is 45.4 Å². The fourth-order valence-corrected chi connectivity index (χ4v) is 6.00. The number of fused-ring (bicyclic) bond motifs is 1. The predicted octanol–water partition coefficient (Wildman–Crippen LogP) is 3.24. The molecule has 2 aliphatic rings. The zero-order chi connectivity index (χ0) is 19.4. The van der Waals surface area contributed by atoms with E-state index >= 15 is 0 Å². The van der Waals surface area contributed by atoms with Gasteiger partial charge < -0.3 is 4.74 Å². The minimum Gasteiger partial charge on any atom is -0.494 e. The van der Waals surface area contributed by atoms with E-state index in [-0.39, 0.29) is 0 Å². The highest BCUT2D eigenvalue weighted by atomic mass is 32.2. The van der Waals surface area contributed by atoms with Crippen LogP contribution >= 0.6 is 11.3 Å². The van der Waals surface area contributed by atoms with Crippen molar-refractivity contribution in [1.82, 2.24) is 9.62 Å². The maximum absolute atomic E-state index is 12.0. The lowest BCUT2D eigenvalue weighted by molar-refractivity contribution is 0.220. The van der Waals surface area contributed by atoms with Gasteiger partial charge in [0.1, 0.15) is 16.5 Å². The minimum absolute atomic E-state index is 0.332. The Bertz CT molecular complexity index is 947. The van der Waals surface area contributed by atoms with E-state index in [1.54, 1.807) is 5.38 Å². The molecule has 0 saturated carbocycles. The summed E-state index contributed by atoms with van der Waals surface area (Å²) in [5, 5.41) is 3.45. The Hall–Kier alpha value is -1.90. The Labute approximate surface area is 170 Å². The molecule has 1 fully saturated rings. The van der Waals surface area contributed by atoms with Crippen LogP contribution in [0.4, 0.5) is 0 Å². The summed E-state index contributed by atoms with van der Waals surface area (Å²) in [7, 11) is -3.42. The quantitative estimate of drug-likeness (QED) is 0.700. The Morgan fingerprint density at radius 3 is 2.89 bits per heavy atom. The maximum atomic E-state index is 12.0. The number of nitrogens with zero attached hydrogens (tertiary/aromatic N) is 2. The molecule has 1 saturated heterocycles. The Morgan fingerprint density at radius 2 is 2.04 bits per heavy atom. The average Bonchev–Trinajstić information content (AvgIpc) is 3.26. The second-order valence-electron chi connectivity index (χ2n) is 7.17. The first-order valence-electron chi connectivity index (χ1n) is 9.70. The number of hydrogen-bond donors (Lipinski definition) is 1. The van der Waals surface area contributed by atoms with E-state index in [4.69, 9.17) is 4.74 Å². The van der Waals surface area contributed by atoms with Crippen LogP contribution in [0.25, 0.3) is 0 Å². The third-order valence-corrected chi connectivity index (χ3v) is 7.27. The molecule has 8 heteroatoms. The molecule has 0 spiro atoms. The molecule has 1 aromatic heterocycles. The molecular formula is C20H25N3O3S2. The first-order chi connectivity index (χ1) is 13.6. The highest BCUT2D eigenvalue weighted by Gasteiger charge is 2.31. The molecule has 0 radical (unpaired) electrons. The highest BCUT2D eigenvalue weighted by molar-refractivity contribution is 7.90. The number of rotatable bonds is 7. The van der Waals surface area contributed by atoms with Gasteiger partial charge in [-0.05, 0) is 43.6 Å². The van der Waals surface area contributed by atoms with Gasteiger partial charge in [-0.1, -0.05) is 18.6 Å². The van der Waals surface area contributed by atoms with Crippen LogP contribution in [-0.2, 0) is 16.6 Å². The SMILES string of the molecule is O=S1(=O)NC(=NCCCOc2cccc(CN3CCCCC3)c2)c2cscc21. The lowest BCUT2D eigenvalue weighted by Crippen LogP contribution is -2.29. The molecule has 150 valence electrons. The number of sulfonamides is 1. The van der Waals surface area contributed by atoms with Crippen molar-refractivity contribution in [3.63, 3.8) is 0 Å². The summed E-state index contributed by atoms with van der Waals surface area (Å²) < 4.78 is 32.3. The minimum atomic E-state index is -3.42. The molecule has 0 bridgehead atoms. The van der Waals surface area contributed by atoms with Gasteiger partial charge in [0.25, 0.3) is 10.0 Å². The van der Waals surface area contributed by atoms with Gasteiger partial charge in [0.15, 0.2) is 0 Å². The lowest BCUT2D eigenvalue weighted by Gasteiger charge is -2.26. The van der Waals surface area contributed by atoms with Crippen LogP contribution in [0.5, 0.6) is 5.75 Å². The van der Waals surface area contributed by atoms with Gasteiger partial charge in [0, 0.05) is 35.8 Å². The van der Waals surface area contributed by atoms with Crippen molar-refractivity contribution in [2.75, 3.05) is 26.2 Å². The maximum Gasteiger partial charge on any atom is 0.264 e. The third-order valence-electron chi connectivity index (χ3n) is 5.00. The molecule has 4 rings (SSSR count). The number of likely N-dealkylation sites (tertiary alicyclic amines) is 1. The fourth-order valence-electron chi connectivity index (χ4n) is 3.58. The first kappa shape index (κ1) is 19.4. The van der Waals surface area contributed by atoms with Crippen LogP contribution in [0.3, 0.4) is 0 Å². The highest BCUT2D eigenvalue weighted by Crippen LogP contribution is 2.26. The summed E-state index contributed by atoms with van der Waals surface area (Å²) in [5.41, 5.74) is 1.96. The molecule has 6 nitrogen and oxygen atoms in total. The standard InChI is InChI=1S/C20H25N3O3S2/c24-28(25)19-15-27-14-18(19)20(22-28)21-8-5-11-26-17-7-4-6-16(12-17)13-23-9-2-1-3-10-23/h4,6-7,12,14-15H,1-3,5,8-11,13H2,(H,21,22). The van der Waals surface area contributed by atoms with Crippen LogP contribution in [0.15, 0.2) is 44.9 Å². The number of thiophene rings is 1. The summed E-state index contributed by atoms with van der Waals surface area (Å²) in [4.78, 5) is 7.24. The molecular weight excluding hydrogens is 394 g/mol. The summed E-state index contributed by atoms with van der Waals surface area (Å²) in [6.07, 6.45) is 4.66. The second kappa shape index (κ2) is 8.63. The monoisotopic (exact) mass is 419 g/mol. The van der Waals surface area contributed by atoms with Crippen LogP contribution in [0.1, 0.15) is 36.8 Å². The zero-order valence-corrected chi connectivity index (χ0v) is 17.4. The average molecular weight is 420 g/mol. The summed E-state index contributed by atoms with van der Waals surface area (Å²) in [6.45, 7) is 4.41. The van der Waals surface area contributed by atoms with Crippen LogP contribution < -0.4 is 9.46 Å². The number of nitrogens with one attached hydrogen (secondary N) is 1. The van der Waals surface area contributed by atoms with E-state index < -0.39 is 10.0 Å². The molecule has 1 aromatic carbocycles. The summed E-state index contributed by atoms with van der Waals surface area (Å²) >= 11 is 1.37. The van der Waals surface area contributed by atoms with Gasteiger partial charge in [-0.3, -0.25) is 14.6 Å². The van der Waals surface area contributed by atoms with Gasteiger partial charge in [0.05, 0.1) is 6.61 Å². The van der Waals surface area contributed by atoms with E-state index in [9.17, 15) is 8.42 Å². The number of benzene rings is 1. The molecule has 3 heterocycles. The summed E-state index contributed by atoms with van der Waals surface area (Å²) in [6, 6.07) is 8.29. The topological polar surface area (TPSA) is 71.0 Å². The van der Waals surface area contributed by atoms with Crippen molar-refractivity contribution in [3.05, 3.63) is 46.2 Å². The molecule has 2 aromatic rings. The lowest BCUT2D eigenvalue weighted by atomic mass is 10.1. The largest absolute Gasteiger partial charge is 0.494 e. The van der Waals surface area contributed by atoms with E-state index in [0.717, 1.165) is 18.7 Å². The molecule has 0 aliphatic carbocycles. The summed E-state index contributed by atoms with van der Waals surface area (Å²) in [5.74, 6) is 1.32. The Morgan fingerprint density at radius 1 is 1.18 bits per heavy atom. The Kier molecular flexibility index (Phi) is 5.99. The molecule has 1 N–H and O–H groups in total. The first-order valence-corrected chi connectivity index (χ1v) is 12.1. The van der Waals surface area contributed by atoms with Crippen molar-refractivity contribution in [1.29, 1.82) is 0 Å².